The molecule has 0 bridgehead atoms. The minimum Gasteiger partial charge on any atom is -0.459 e. The molecule has 0 heterocycles. The minimum atomic E-state index is -4.62. The lowest BCUT2D eigenvalue weighted by atomic mass is 9.75. The molecular weight excluding hydrogens is 247 g/mol. The Bertz CT molecular complexity index is 291. The molecule has 0 radical (unpaired) electrons. The molecule has 6 heteroatoms. The van der Waals surface area contributed by atoms with Crippen LogP contribution in [0.4, 0.5) is 13.2 Å². The van der Waals surface area contributed by atoms with Crippen LogP contribution in [-0.4, -0.2) is 23.8 Å². The lowest BCUT2D eigenvalue weighted by Crippen LogP contribution is -2.56. The third kappa shape index (κ3) is 3.86. The Morgan fingerprint density at radius 1 is 1.17 bits per heavy atom. The summed E-state index contributed by atoms with van der Waals surface area (Å²) < 4.78 is 43.4. The van der Waals surface area contributed by atoms with Crippen molar-refractivity contribution in [3.05, 3.63) is 0 Å². The predicted octanol–water partition coefficient (Wildman–Crippen LogP) is 3.02. The van der Waals surface area contributed by atoms with Gasteiger partial charge in [0.1, 0.15) is 11.6 Å². The fraction of sp³-hybridized carbons (Fsp3) is 0.917. The number of ether oxygens (including phenoxy) is 1. The van der Waals surface area contributed by atoms with Crippen LogP contribution in [0.5, 0.6) is 0 Å². The molecule has 0 unspecified atom stereocenters. The molecule has 2 N–H and O–H groups in total. The molecule has 0 aromatic heterocycles. The molecular formula is C12H22F3NO2. The third-order valence-electron chi connectivity index (χ3n) is 3.02. The van der Waals surface area contributed by atoms with Crippen molar-refractivity contribution in [2.24, 2.45) is 11.1 Å². The highest BCUT2D eigenvalue weighted by molar-refractivity contribution is 5.78. The number of hydrogen-bond donors (Lipinski definition) is 1. The van der Waals surface area contributed by atoms with Crippen molar-refractivity contribution < 1.29 is 22.7 Å². The molecule has 0 spiro atoms. The summed E-state index contributed by atoms with van der Waals surface area (Å²) in [6.07, 6.45) is -4.65. The van der Waals surface area contributed by atoms with Gasteiger partial charge in [0.05, 0.1) is 5.41 Å². The van der Waals surface area contributed by atoms with E-state index in [-0.39, 0.29) is 12.8 Å². The second-order valence-electron chi connectivity index (χ2n) is 5.38. The first-order valence-electron chi connectivity index (χ1n) is 5.96. The number of nitrogens with two attached hydrogens (primary N) is 1. The van der Waals surface area contributed by atoms with Gasteiger partial charge in [-0.15, -0.1) is 0 Å². The summed E-state index contributed by atoms with van der Waals surface area (Å²) in [7, 11) is 0. The summed E-state index contributed by atoms with van der Waals surface area (Å²) in [5.41, 5.74) is 2.69. The van der Waals surface area contributed by atoms with Crippen molar-refractivity contribution in [3.63, 3.8) is 0 Å². The fourth-order valence-corrected chi connectivity index (χ4v) is 1.80. The molecule has 108 valence electrons. The van der Waals surface area contributed by atoms with Crippen molar-refractivity contribution >= 4 is 5.97 Å². The van der Waals surface area contributed by atoms with Crippen LogP contribution >= 0.6 is 0 Å². The maximum Gasteiger partial charge on any atom is 0.404 e. The molecule has 3 nitrogen and oxygen atoms in total. The molecule has 18 heavy (non-hydrogen) atoms. The summed E-state index contributed by atoms with van der Waals surface area (Å²) >= 11 is 0. The summed E-state index contributed by atoms with van der Waals surface area (Å²) in [4.78, 5) is 12.0. The van der Waals surface area contributed by atoms with Crippen LogP contribution in [0, 0.1) is 5.41 Å². The van der Waals surface area contributed by atoms with Gasteiger partial charge in [-0.1, -0.05) is 13.8 Å². The number of hydrogen-bond acceptors (Lipinski definition) is 3. The molecule has 0 aliphatic heterocycles. The van der Waals surface area contributed by atoms with Crippen LogP contribution < -0.4 is 5.73 Å². The average Bonchev–Trinajstić information content (AvgIpc) is 2.16. The maximum absolute atomic E-state index is 12.8. The summed E-state index contributed by atoms with van der Waals surface area (Å²) in [5.74, 6) is -0.884. The van der Waals surface area contributed by atoms with Crippen LogP contribution in [0.15, 0.2) is 0 Å². The molecule has 0 amide bonds. The van der Waals surface area contributed by atoms with Gasteiger partial charge in [0.25, 0.3) is 0 Å². The number of carbonyl (C=O) groups is 1. The Hall–Kier alpha value is -0.780. The van der Waals surface area contributed by atoms with Gasteiger partial charge in [-0.2, -0.15) is 13.2 Å². The van der Waals surface area contributed by atoms with Gasteiger partial charge in [0, 0.05) is 0 Å². The topological polar surface area (TPSA) is 52.3 Å². The van der Waals surface area contributed by atoms with Crippen LogP contribution in [0.2, 0.25) is 0 Å². The van der Waals surface area contributed by atoms with Crippen LogP contribution in [0.1, 0.15) is 47.5 Å². The molecule has 0 fully saturated rings. The quantitative estimate of drug-likeness (QED) is 0.798. The molecule has 0 aromatic rings. The van der Waals surface area contributed by atoms with Crippen LogP contribution in [0.25, 0.3) is 0 Å². The van der Waals surface area contributed by atoms with Crippen molar-refractivity contribution in [1.29, 1.82) is 0 Å². The SMILES string of the molecule is CCC(CC)(C(=O)OC(C)(C)C)[C@H](N)C(F)(F)F. The van der Waals surface area contributed by atoms with E-state index in [0.717, 1.165) is 0 Å². The van der Waals surface area contributed by atoms with E-state index in [4.69, 9.17) is 10.5 Å². The Morgan fingerprint density at radius 3 is 1.78 bits per heavy atom. The van der Waals surface area contributed by atoms with Crippen LogP contribution in [-0.2, 0) is 9.53 Å². The lowest BCUT2D eigenvalue weighted by molar-refractivity contribution is -0.200. The molecule has 1 atom stereocenters. The van der Waals surface area contributed by atoms with Crippen molar-refractivity contribution in [3.8, 4) is 0 Å². The Balaban J connectivity index is 5.34. The maximum atomic E-state index is 12.8. The first-order chi connectivity index (χ1) is 7.90. The summed E-state index contributed by atoms with van der Waals surface area (Å²) in [6.45, 7) is 7.86. The molecule has 0 aliphatic carbocycles. The van der Waals surface area contributed by atoms with Crippen molar-refractivity contribution in [2.75, 3.05) is 0 Å². The van der Waals surface area contributed by atoms with Gasteiger partial charge in [0.15, 0.2) is 0 Å². The zero-order valence-electron chi connectivity index (χ0n) is 11.5. The van der Waals surface area contributed by atoms with E-state index in [2.05, 4.69) is 0 Å². The monoisotopic (exact) mass is 269 g/mol. The highest BCUT2D eigenvalue weighted by Crippen LogP contribution is 2.40. The number of alkyl halides is 3. The van der Waals surface area contributed by atoms with Gasteiger partial charge in [-0.05, 0) is 33.6 Å². The number of carbonyl (C=O) groups excluding carboxylic acids is 1. The van der Waals surface area contributed by atoms with E-state index in [1.54, 1.807) is 20.8 Å². The Kier molecular flexibility index (Phi) is 5.23. The molecule has 0 aliphatic rings. The van der Waals surface area contributed by atoms with E-state index >= 15 is 0 Å². The second kappa shape index (κ2) is 5.47. The van der Waals surface area contributed by atoms with Gasteiger partial charge >= 0.3 is 12.1 Å². The standard InChI is InChI=1S/C12H22F3NO2/c1-6-11(7-2,8(16)12(13,14)15)9(17)18-10(3,4)5/h8H,6-7,16H2,1-5H3/t8-/m0/s1. The zero-order chi connectivity index (χ0) is 14.8. The van der Waals surface area contributed by atoms with Gasteiger partial charge in [-0.3, -0.25) is 4.79 Å². The molecule has 0 saturated carbocycles. The van der Waals surface area contributed by atoms with Crippen LogP contribution in [0.3, 0.4) is 0 Å². The molecule has 0 rings (SSSR count). The highest BCUT2D eigenvalue weighted by Gasteiger charge is 2.55. The zero-order valence-corrected chi connectivity index (χ0v) is 11.5. The van der Waals surface area contributed by atoms with E-state index in [1.807, 2.05) is 0 Å². The average molecular weight is 269 g/mol. The first kappa shape index (κ1) is 17.2. The van der Waals surface area contributed by atoms with E-state index < -0.39 is 29.2 Å². The normalized spacial score (nSPS) is 15.4. The van der Waals surface area contributed by atoms with Gasteiger partial charge in [-0.25, -0.2) is 0 Å². The predicted molar refractivity (Wildman–Crippen MR) is 62.9 cm³/mol. The Labute approximate surface area is 106 Å². The molecule has 0 saturated heterocycles. The third-order valence-corrected chi connectivity index (χ3v) is 3.02. The van der Waals surface area contributed by atoms with Gasteiger partial charge in [0.2, 0.25) is 0 Å². The van der Waals surface area contributed by atoms with Crippen molar-refractivity contribution in [1.82, 2.24) is 0 Å². The highest BCUT2D eigenvalue weighted by atomic mass is 19.4. The second-order valence-corrected chi connectivity index (χ2v) is 5.38. The first-order valence-corrected chi connectivity index (χ1v) is 5.96. The minimum absolute atomic E-state index is 0.0148. The van der Waals surface area contributed by atoms with E-state index in [0.29, 0.717) is 0 Å². The van der Waals surface area contributed by atoms with Gasteiger partial charge < -0.3 is 10.5 Å². The number of rotatable bonds is 4. The summed E-state index contributed by atoms with van der Waals surface area (Å²) in [5, 5.41) is 0. The van der Waals surface area contributed by atoms with Crippen molar-refractivity contribution in [2.45, 2.75) is 65.3 Å². The lowest BCUT2D eigenvalue weighted by Gasteiger charge is -2.37. The number of esters is 1. The fourth-order valence-electron chi connectivity index (χ4n) is 1.80. The molecule has 0 aromatic carbocycles. The largest absolute Gasteiger partial charge is 0.459 e. The summed E-state index contributed by atoms with van der Waals surface area (Å²) in [6, 6.07) is -2.21. The Morgan fingerprint density at radius 2 is 1.56 bits per heavy atom. The van der Waals surface area contributed by atoms with E-state index in [9.17, 15) is 18.0 Å². The van der Waals surface area contributed by atoms with E-state index in [1.165, 1.54) is 13.8 Å². The smallest absolute Gasteiger partial charge is 0.404 e. The number of halogens is 3.